The summed E-state index contributed by atoms with van der Waals surface area (Å²) in [5.74, 6) is 0.620. The third kappa shape index (κ3) is 5.56. The Labute approximate surface area is 119 Å². The van der Waals surface area contributed by atoms with E-state index in [1.807, 2.05) is 13.8 Å². The van der Waals surface area contributed by atoms with E-state index in [2.05, 4.69) is 15.6 Å². The van der Waals surface area contributed by atoms with Gasteiger partial charge in [0.15, 0.2) is 9.84 Å². The van der Waals surface area contributed by atoms with E-state index < -0.39 is 9.84 Å². The normalized spacial score (nSPS) is 11.4. The molecule has 1 rings (SSSR count). The topological polar surface area (TPSA) is 88.2 Å². The number of aromatic nitrogens is 1. The van der Waals surface area contributed by atoms with E-state index in [9.17, 15) is 13.2 Å². The van der Waals surface area contributed by atoms with Crippen LogP contribution in [0.25, 0.3) is 0 Å². The summed E-state index contributed by atoms with van der Waals surface area (Å²) >= 11 is 0. The molecule has 0 aliphatic carbocycles. The molecule has 0 bridgehead atoms. The van der Waals surface area contributed by atoms with Crippen molar-refractivity contribution in [2.24, 2.45) is 5.92 Å². The molecule has 2 N–H and O–H groups in total. The molecule has 112 valence electrons. The van der Waals surface area contributed by atoms with E-state index in [0.717, 1.165) is 6.26 Å². The molecule has 0 unspecified atom stereocenters. The van der Waals surface area contributed by atoms with Crippen LogP contribution >= 0.6 is 0 Å². The number of carbonyl (C=O) groups excluding carboxylic acids is 1. The van der Waals surface area contributed by atoms with Gasteiger partial charge in [0.2, 0.25) is 5.91 Å². The van der Waals surface area contributed by atoms with Crippen LogP contribution in [0.5, 0.6) is 0 Å². The van der Waals surface area contributed by atoms with Crippen LogP contribution in [0.3, 0.4) is 0 Å². The van der Waals surface area contributed by atoms with E-state index in [4.69, 9.17) is 0 Å². The monoisotopic (exact) mass is 299 g/mol. The number of pyridine rings is 1. The fourth-order valence-electron chi connectivity index (χ4n) is 1.52. The van der Waals surface area contributed by atoms with E-state index in [1.165, 1.54) is 12.3 Å². The molecule has 1 heterocycles. The van der Waals surface area contributed by atoms with Crippen LogP contribution in [0.4, 0.5) is 5.82 Å². The maximum absolute atomic E-state index is 11.6. The summed E-state index contributed by atoms with van der Waals surface area (Å²) in [7, 11) is -3.33. The molecule has 6 nitrogen and oxygen atoms in total. The van der Waals surface area contributed by atoms with Crippen LogP contribution in [0.2, 0.25) is 0 Å². The fraction of sp³-hybridized carbons (Fsp3) is 0.538. The second kappa shape index (κ2) is 7.23. The quantitative estimate of drug-likeness (QED) is 0.786. The lowest BCUT2D eigenvalue weighted by Gasteiger charge is -2.10. The van der Waals surface area contributed by atoms with Crippen molar-refractivity contribution in [2.75, 3.05) is 24.7 Å². The molecule has 0 atom stereocenters. The summed E-state index contributed by atoms with van der Waals surface area (Å²) in [6.07, 6.45) is 2.91. The van der Waals surface area contributed by atoms with Crippen molar-refractivity contribution >= 4 is 21.6 Å². The first-order chi connectivity index (χ1) is 9.30. The Morgan fingerprint density at radius 3 is 2.70 bits per heavy atom. The van der Waals surface area contributed by atoms with E-state index in [0.29, 0.717) is 19.0 Å². The van der Waals surface area contributed by atoms with Gasteiger partial charge in [-0.2, -0.15) is 0 Å². The standard InChI is InChI=1S/C13H21N3O3S/c1-10(2)9-16-12(17)6-8-15-13-11(20(3,18)19)5-4-7-14-13/h4-5,7,10H,6,8-9H2,1-3H3,(H,14,15)(H,16,17). The number of rotatable bonds is 7. The van der Waals surface area contributed by atoms with Gasteiger partial charge >= 0.3 is 0 Å². The van der Waals surface area contributed by atoms with Crippen LogP contribution in [0.15, 0.2) is 23.2 Å². The SMILES string of the molecule is CC(C)CNC(=O)CCNc1ncccc1S(C)(=O)=O. The van der Waals surface area contributed by atoms with Crippen LogP contribution < -0.4 is 10.6 Å². The minimum absolute atomic E-state index is 0.0666. The summed E-state index contributed by atoms with van der Waals surface area (Å²) < 4.78 is 23.1. The first-order valence-corrected chi connectivity index (χ1v) is 8.35. The number of amides is 1. The molecule has 1 aromatic heterocycles. The Bertz CT molecular complexity index is 556. The molecule has 20 heavy (non-hydrogen) atoms. The molecule has 0 spiro atoms. The lowest BCUT2D eigenvalue weighted by molar-refractivity contribution is -0.120. The van der Waals surface area contributed by atoms with Crippen molar-refractivity contribution in [1.29, 1.82) is 0 Å². The highest BCUT2D eigenvalue weighted by atomic mass is 32.2. The Morgan fingerprint density at radius 1 is 1.40 bits per heavy atom. The minimum atomic E-state index is -3.33. The smallest absolute Gasteiger partial charge is 0.221 e. The van der Waals surface area contributed by atoms with Gasteiger partial charge in [-0.15, -0.1) is 0 Å². The Kier molecular flexibility index (Phi) is 5.94. The highest BCUT2D eigenvalue weighted by Crippen LogP contribution is 2.17. The van der Waals surface area contributed by atoms with Gasteiger partial charge in [0, 0.05) is 32.0 Å². The van der Waals surface area contributed by atoms with Gasteiger partial charge in [0.05, 0.1) is 0 Å². The Balaban J connectivity index is 2.53. The van der Waals surface area contributed by atoms with Crippen molar-refractivity contribution in [2.45, 2.75) is 25.2 Å². The number of sulfone groups is 1. The zero-order chi connectivity index (χ0) is 15.2. The molecule has 1 amide bonds. The first-order valence-electron chi connectivity index (χ1n) is 6.46. The van der Waals surface area contributed by atoms with Crippen LogP contribution in [0, 0.1) is 5.92 Å². The zero-order valence-electron chi connectivity index (χ0n) is 12.0. The van der Waals surface area contributed by atoms with Crippen molar-refractivity contribution in [3.8, 4) is 0 Å². The van der Waals surface area contributed by atoms with E-state index in [-0.39, 0.29) is 23.0 Å². The highest BCUT2D eigenvalue weighted by molar-refractivity contribution is 7.90. The molecule has 0 radical (unpaired) electrons. The predicted molar refractivity (Wildman–Crippen MR) is 78.3 cm³/mol. The number of nitrogens with one attached hydrogen (secondary N) is 2. The largest absolute Gasteiger partial charge is 0.368 e. The third-order valence-electron chi connectivity index (χ3n) is 2.52. The molecule has 0 aromatic carbocycles. The van der Waals surface area contributed by atoms with Crippen molar-refractivity contribution in [3.05, 3.63) is 18.3 Å². The molecule has 0 aliphatic heterocycles. The summed E-state index contributed by atoms with van der Waals surface area (Å²) in [5, 5.41) is 5.68. The molecular weight excluding hydrogens is 278 g/mol. The van der Waals surface area contributed by atoms with E-state index >= 15 is 0 Å². The number of nitrogens with zero attached hydrogens (tertiary/aromatic N) is 1. The zero-order valence-corrected chi connectivity index (χ0v) is 12.8. The molecule has 0 saturated heterocycles. The molecular formula is C13H21N3O3S. The number of carbonyl (C=O) groups is 1. The lowest BCUT2D eigenvalue weighted by Crippen LogP contribution is -2.28. The molecule has 0 saturated carbocycles. The highest BCUT2D eigenvalue weighted by Gasteiger charge is 2.13. The minimum Gasteiger partial charge on any atom is -0.368 e. The molecule has 7 heteroatoms. The maximum atomic E-state index is 11.6. The number of anilines is 1. The molecule has 0 aliphatic rings. The van der Waals surface area contributed by atoms with E-state index in [1.54, 1.807) is 6.07 Å². The first kappa shape index (κ1) is 16.4. The van der Waals surface area contributed by atoms with Crippen LogP contribution in [-0.2, 0) is 14.6 Å². The maximum Gasteiger partial charge on any atom is 0.221 e. The van der Waals surface area contributed by atoms with Gasteiger partial charge in [-0.25, -0.2) is 13.4 Å². The van der Waals surface area contributed by atoms with Gasteiger partial charge < -0.3 is 10.6 Å². The fourth-order valence-corrected chi connectivity index (χ4v) is 2.33. The van der Waals surface area contributed by atoms with Gasteiger partial charge in [0.25, 0.3) is 0 Å². The van der Waals surface area contributed by atoms with Crippen molar-refractivity contribution in [3.63, 3.8) is 0 Å². The van der Waals surface area contributed by atoms with Crippen molar-refractivity contribution < 1.29 is 13.2 Å². The van der Waals surface area contributed by atoms with Gasteiger partial charge in [-0.05, 0) is 18.1 Å². The van der Waals surface area contributed by atoms with Crippen LogP contribution in [0.1, 0.15) is 20.3 Å². The second-order valence-electron chi connectivity index (χ2n) is 5.00. The van der Waals surface area contributed by atoms with Gasteiger partial charge in [-0.1, -0.05) is 13.8 Å². The summed E-state index contributed by atoms with van der Waals surface area (Å²) in [6.45, 7) is 5.01. The Morgan fingerprint density at radius 2 is 2.10 bits per heavy atom. The predicted octanol–water partition coefficient (Wildman–Crippen LogP) is 1.06. The van der Waals surface area contributed by atoms with Crippen molar-refractivity contribution in [1.82, 2.24) is 10.3 Å². The molecule has 1 aromatic rings. The lowest BCUT2D eigenvalue weighted by atomic mass is 10.2. The number of hydrogen-bond donors (Lipinski definition) is 2. The summed E-state index contributed by atoms with van der Waals surface area (Å²) in [6, 6.07) is 3.06. The van der Waals surface area contributed by atoms with Crippen LogP contribution in [-0.4, -0.2) is 38.7 Å². The Hall–Kier alpha value is -1.63. The third-order valence-corrected chi connectivity index (χ3v) is 3.65. The number of hydrogen-bond acceptors (Lipinski definition) is 5. The summed E-state index contributed by atoms with van der Waals surface area (Å²) in [5.41, 5.74) is 0. The van der Waals surface area contributed by atoms with Gasteiger partial charge in [-0.3, -0.25) is 4.79 Å². The second-order valence-corrected chi connectivity index (χ2v) is 6.98. The van der Waals surface area contributed by atoms with Gasteiger partial charge in [0.1, 0.15) is 10.7 Å². The average molecular weight is 299 g/mol. The summed E-state index contributed by atoms with van der Waals surface area (Å²) in [4.78, 5) is 15.7. The average Bonchev–Trinajstić information content (AvgIpc) is 2.36. The molecule has 0 fully saturated rings.